The summed E-state index contributed by atoms with van der Waals surface area (Å²) in [5.74, 6) is -1.40. The number of halogens is 3. The SMILES string of the molecule is CC1(C)C(=O)N(c2ccc(F)c(-c3ccc(C#N)s3)c2)C(=O)N1Cc1ccc(F)cc1Br. The molecule has 3 amide bonds. The molecule has 2 heterocycles. The van der Waals surface area contributed by atoms with Crippen LogP contribution in [0.2, 0.25) is 0 Å². The molecular weight excluding hydrogens is 500 g/mol. The topological polar surface area (TPSA) is 64.4 Å². The zero-order chi connectivity index (χ0) is 23.2. The number of benzene rings is 2. The molecule has 0 bridgehead atoms. The lowest BCUT2D eigenvalue weighted by atomic mass is 10.0. The van der Waals surface area contributed by atoms with Gasteiger partial charge in [-0.15, -0.1) is 11.3 Å². The molecule has 0 aliphatic carbocycles. The minimum absolute atomic E-state index is 0.0828. The van der Waals surface area contributed by atoms with E-state index in [1.807, 2.05) is 6.07 Å². The summed E-state index contributed by atoms with van der Waals surface area (Å²) in [5.41, 5.74) is -0.0924. The predicted octanol–water partition coefficient (Wildman–Crippen LogP) is 6.07. The van der Waals surface area contributed by atoms with E-state index in [2.05, 4.69) is 15.9 Å². The normalized spacial score (nSPS) is 15.4. The van der Waals surface area contributed by atoms with Gasteiger partial charge in [-0.1, -0.05) is 22.0 Å². The average Bonchev–Trinajstić information content (AvgIpc) is 3.28. The fraction of sp³-hybridized carbons (Fsp3) is 0.174. The van der Waals surface area contributed by atoms with Crippen molar-refractivity contribution < 1.29 is 18.4 Å². The van der Waals surface area contributed by atoms with Crippen molar-refractivity contribution in [2.24, 2.45) is 0 Å². The Labute approximate surface area is 195 Å². The smallest absolute Gasteiger partial charge is 0.305 e. The molecule has 0 N–H and O–H groups in total. The Morgan fingerprint density at radius 3 is 2.50 bits per heavy atom. The molecule has 1 saturated heterocycles. The second kappa shape index (κ2) is 8.11. The number of hydrogen-bond donors (Lipinski definition) is 0. The zero-order valence-electron chi connectivity index (χ0n) is 17.0. The van der Waals surface area contributed by atoms with Crippen molar-refractivity contribution in [1.29, 1.82) is 5.26 Å². The summed E-state index contributed by atoms with van der Waals surface area (Å²) in [7, 11) is 0. The number of nitriles is 1. The van der Waals surface area contributed by atoms with Gasteiger partial charge in [0.15, 0.2) is 0 Å². The van der Waals surface area contributed by atoms with E-state index in [1.54, 1.807) is 32.0 Å². The van der Waals surface area contributed by atoms with E-state index in [4.69, 9.17) is 5.26 Å². The van der Waals surface area contributed by atoms with Crippen LogP contribution in [0.5, 0.6) is 0 Å². The molecule has 0 spiro atoms. The molecule has 162 valence electrons. The average molecular weight is 516 g/mol. The molecule has 1 fully saturated rings. The molecule has 4 rings (SSSR count). The van der Waals surface area contributed by atoms with E-state index in [1.165, 1.54) is 35.2 Å². The number of anilines is 1. The third kappa shape index (κ3) is 3.70. The highest BCUT2D eigenvalue weighted by molar-refractivity contribution is 9.10. The third-order valence-electron chi connectivity index (χ3n) is 5.36. The Bertz CT molecular complexity index is 1300. The minimum atomic E-state index is -1.17. The number of carbonyl (C=O) groups excluding carboxylic acids is 2. The van der Waals surface area contributed by atoms with E-state index in [0.29, 0.717) is 19.8 Å². The van der Waals surface area contributed by atoms with Gasteiger partial charge in [0.05, 0.1) is 5.69 Å². The second-order valence-electron chi connectivity index (χ2n) is 7.74. The molecule has 0 radical (unpaired) electrons. The van der Waals surface area contributed by atoms with Crippen LogP contribution in [0.25, 0.3) is 10.4 Å². The van der Waals surface area contributed by atoms with E-state index < -0.39 is 29.1 Å². The Morgan fingerprint density at radius 2 is 1.84 bits per heavy atom. The number of carbonyl (C=O) groups is 2. The van der Waals surface area contributed by atoms with Gasteiger partial charge in [-0.3, -0.25) is 4.79 Å². The highest BCUT2D eigenvalue weighted by atomic mass is 79.9. The summed E-state index contributed by atoms with van der Waals surface area (Å²) >= 11 is 4.42. The summed E-state index contributed by atoms with van der Waals surface area (Å²) in [5, 5.41) is 9.05. The van der Waals surface area contributed by atoms with Crippen LogP contribution in [0.4, 0.5) is 19.3 Å². The summed E-state index contributed by atoms with van der Waals surface area (Å²) in [4.78, 5) is 29.9. The van der Waals surface area contributed by atoms with Crippen molar-refractivity contribution in [2.45, 2.75) is 25.9 Å². The fourth-order valence-electron chi connectivity index (χ4n) is 3.53. The van der Waals surface area contributed by atoms with Crippen molar-refractivity contribution in [3.63, 3.8) is 0 Å². The van der Waals surface area contributed by atoms with Gasteiger partial charge in [0.2, 0.25) is 0 Å². The van der Waals surface area contributed by atoms with E-state index >= 15 is 0 Å². The molecule has 0 atom stereocenters. The zero-order valence-corrected chi connectivity index (χ0v) is 19.4. The molecule has 0 unspecified atom stereocenters. The predicted molar refractivity (Wildman–Crippen MR) is 121 cm³/mol. The Balaban J connectivity index is 1.71. The number of imide groups is 1. The maximum absolute atomic E-state index is 14.5. The summed E-state index contributed by atoms with van der Waals surface area (Å²) in [6.07, 6.45) is 0. The largest absolute Gasteiger partial charge is 0.332 e. The van der Waals surface area contributed by atoms with Crippen LogP contribution in [0.3, 0.4) is 0 Å². The monoisotopic (exact) mass is 515 g/mol. The number of amides is 3. The first-order chi connectivity index (χ1) is 15.1. The number of hydrogen-bond acceptors (Lipinski definition) is 4. The molecule has 1 aliphatic heterocycles. The van der Waals surface area contributed by atoms with Gasteiger partial charge in [-0.2, -0.15) is 5.26 Å². The Kier molecular flexibility index (Phi) is 5.61. The molecule has 9 heteroatoms. The van der Waals surface area contributed by atoms with Crippen molar-refractivity contribution in [3.8, 4) is 16.5 Å². The van der Waals surface area contributed by atoms with Gasteiger partial charge in [-0.05, 0) is 61.9 Å². The summed E-state index contributed by atoms with van der Waals surface area (Å²) in [6, 6.07) is 12.8. The summed E-state index contributed by atoms with van der Waals surface area (Å²) in [6.45, 7) is 3.35. The number of urea groups is 1. The van der Waals surface area contributed by atoms with Crippen molar-refractivity contribution in [3.05, 3.63) is 75.1 Å². The summed E-state index contributed by atoms with van der Waals surface area (Å²) < 4.78 is 28.5. The third-order valence-corrected chi connectivity index (χ3v) is 7.12. The highest BCUT2D eigenvalue weighted by Gasteiger charge is 2.52. The van der Waals surface area contributed by atoms with Crippen LogP contribution in [0.15, 0.2) is 53.0 Å². The molecule has 3 aromatic rings. The lowest BCUT2D eigenvalue weighted by molar-refractivity contribution is -0.123. The van der Waals surface area contributed by atoms with Crippen LogP contribution >= 0.6 is 27.3 Å². The molecule has 2 aromatic carbocycles. The van der Waals surface area contributed by atoms with Gasteiger partial charge < -0.3 is 4.90 Å². The maximum atomic E-state index is 14.5. The first-order valence-corrected chi connectivity index (χ1v) is 11.1. The molecule has 1 aliphatic rings. The van der Waals surface area contributed by atoms with Crippen LogP contribution in [-0.4, -0.2) is 22.4 Å². The van der Waals surface area contributed by atoms with Crippen molar-refractivity contribution >= 4 is 44.9 Å². The Morgan fingerprint density at radius 1 is 1.09 bits per heavy atom. The molecule has 32 heavy (non-hydrogen) atoms. The van der Waals surface area contributed by atoms with Gasteiger partial charge in [0.1, 0.15) is 28.1 Å². The van der Waals surface area contributed by atoms with Crippen LogP contribution in [-0.2, 0) is 11.3 Å². The molecule has 1 aromatic heterocycles. The van der Waals surface area contributed by atoms with Gasteiger partial charge in [0.25, 0.3) is 5.91 Å². The lowest BCUT2D eigenvalue weighted by Crippen LogP contribution is -2.43. The van der Waals surface area contributed by atoms with E-state index in [-0.39, 0.29) is 17.8 Å². The lowest BCUT2D eigenvalue weighted by Gasteiger charge is -2.28. The van der Waals surface area contributed by atoms with Gasteiger partial charge in [0, 0.05) is 21.5 Å². The number of rotatable bonds is 4. The Hall–Kier alpha value is -3.09. The molecular formula is C23H16BrF2N3O2S. The number of thiophene rings is 1. The van der Waals surface area contributed by atoms with Crippen molar-refractivity contribution in [2.75, 3.05) is 4.90 Å². The minimum Gasteiger partial charge on any atom is -0.305 e. The van der Waals surface area contributed by atoms with E-state index in [9.17, 15) is 18.4 Å². The van der Waals surface area contributed by atoms with Crippen LogP contribution in [0.1, 0.15) is 24.3 Å². The molecule has 5 nitrogen and oxygen atoms in total. The first kappa shape index (κ1) is 22.1. The quantitative estimate of drug-likeness (QED) is 0.395. The first-order valence-electron chi connectivity index (χ1n) is 9.53. The van der Waals surface area contributed by atoms with Gasteiger partial charge >= 0.3 is 6.03 Å². The second-order valence-corrected chi connectivity index (χ2v) is 9.68. The van der Waals surface area contributed by atoms with E-state index in [0.717, 1.165) is 16.2 Å². The maximum Gasteiger partial charge on any atom is 0.332 e. The number of nitrogens with zero attached hydrogens (tertiary/aromatic N) is 3. The standard InChI is InChI=1S/C23H16BrF2N3O2S/c1-23(2)21(30)29(22(31)28(23)12-13-3-4-14(25)9-18(13)24)15-5-7-19(26)17(10-15)20-8-6-16(11-27)32-20/h3-10H,12H2,1-2H3. The highest BCUT2D eigenvalue weighted by Crippen LogP contribution is 2.38. The van der Waals surface area contributed by atoms with Crippen LogP contribution in [0, 0.1) is 23.0 Å². The van der Waals surface area contributed by atoms with Crippen molar-refractivity contribution in [1.82, 2.24) is 4.90 Å². The van der Waals surface area contributed by atoms with Gasteiger partial charge in [-0.25, -0.2) is 18.5 Å². The fourth-order valence-corrected chi connectivity index (χ4v) is 4.83. The molecule has 0 saturated carbocycles. The van der Waals surface area contributed by atoms with Crippen LogP contribution < -0.4 is 4.90 Å².